The predicted molar refractivity (Wildman–Crippen MR) is 121 cm³/mol. The number of carbonyl (C=O) groups excluding carboxylic acids is 2. The van der Waals surface area contributed by atoms with Crippen molar-refractivity contribution in [2.45, 2.75) is 24.2 Å². The molecule has 1 saturated heterocycles. The number of nitrogens with one attached hydrogen (secondary N) is 1. The van der Waals surface area contributed by atoms with Gasteiger partial charge in [0.1, 0.15) is 5.41 Å². The highest BCUT2D eigenvalue weighted by Crippen LogP contribution is 2.36. The monoisotopic (exact) mass is 413 g/mol. The van der Waals surface area contributed by atoms with Crippen molar-refractivity contribution in [2.24, 2.45) is 0 Å². The zero-order valence-electron chi connectivity index (χ0n) is 17.7. The molecule has 31 heavy (non-hydrogen) atoms. The van der Waals surface area contributed by atoms with E-state index < -0.39 is 11.3 Å². The highest BCUT2D eigenvalue weighted by Gasteiger charge is 2.46. The lowest BCUT2D eigenvalue weighted by Gasteiger charge is -2.42. The number of carbonyl (C=O) groups is 2. The molecule has 1 fully saturated rings. The maximum atomic E-state index is 13.9. The quantitative estimate of drug-likeness (QED) is 0.696. The van der Waals surface area contributed by atoms with Crippen LogP contribution < -0.4 is 5.32 Å². The molecule has 158 valence electrons. The van der Waals surface area contributed by atoms with Gasteiger partial charge in [-0.2, -0.15) is 0 Å². The zero-order chi connectivity index (χ0) is 21.7. The van der Waals surface area contributed by atoms with Gasteiger partial charge >= 0.3 is 0 Å². The van der Waals surface area contributed by atoms with Crippen LogP contribution in [-0.2, 0) is 15.0 Å². The van der Waals surface area contributed by atoms with Crippen LogP contribution in [0.1, 0.15) is 35.6 Å². The molecular weight excluding hydrogens is 386 g/mol. The molecule has 1 aliphatic rings. The fourth-order valence-corrected chi connectivity index (χ4v) is 4.59. The number of likely N-dealkylation sites (N-methyl/N-ethyl adjacent to an activating group) is 1. The van der Waals surface area contributed by atoms with Gasteiger partial charge in [-0.1, -0.05) is 66.7 Å². The summed E-state index contributed by atoms with van der Waals surface area (Å²) in [6.45, 7) is 0.944. The third kappa shape index (κ3) is 4.08. The molecule has 1 aromatic heterocycles. The summed E-state index contributed by atoms with van der Waals surface area (Å²) in [5, 5.41) is 2.81. The van der Waals surface area contributed by atoms with Crippen molar-refractivity contribution in [1.29, 1.82) is 0 Å². The summed E-state index contributed by atoms with van der Waals surface area (Å²) in [4.78, 5) is 33.3. The Morgan fingerprint density at radius 1 is 0.935 bits per heavy atom. The van der Waals surface area contributed by atoms with Crippen molar-refractivity contribution in [3.63, 3.8) is 0 Å². The van der Waals surface area contributed by atoms with E-state index in [9.17, 15) is 9.59 Å². The second kappa shape index (κ2) is 9.13. The molecule has 1 aliphatic heterocycles. The number of rotatable bonds is 5. The zero-order valence-corrected chi connectivity index (χ0v) is 17.7. The van der Waals surface area contributed by atoms with Crippen LogP contribution in [0.5, 0.6) is 0 Å². The highest BCUT2D eigenvalue weighted by atomic mass is 16.2. The number of nitrogens with zero attached hydrogens (tertiary/aromatic N) is 2. The molecule has 0 radical (unpaired) electrons. The minimum atomic E-state index is -0.845. The molecule has 2 heterocycles. The van der Waals surface area contributed by atoms with Crippen molar-refractivity contribution >= 4 is 11.8 Å². The summed E-state index contributed by atoms with van der Waals surface area (Å²) < 4.78 is 0. The largest absolute Gasteiger partial charge is 0.358 e. The van der Waals surface area contributed by atoms with Gasteiger partial charge in [-0.05, 0) is 36.1 Å². The van der Waals surface area contributed by atoms with Crippen LogP contribution in [0, 0.1) is 0 Å². The van der Waals surface area contributed by atoms with Crippen LogP contribution >= 0.6 is 0 Å². The summed E-state index contributed by atoms with van der Waals surface area (Å²) >= 11 is 0. The normalized spacial score (nSPS) is 18.6. The van der Waals surface area contributed by atoms with Crippen molar-refractivity contribution in [3.8, 4) is 0 Å². The number of pyridine rings is 1. The number of aromatic nitrogens is 1. The standard InChI is InChI=1S/C26H27N3O2/c1-27-25(31)26(22-15-8-9-17-28-22)16-10-18-29(19-26)24(30)23(20-11-4-2-5-12-20)21-13-6-3-7-14-21/h2-9,11-15,17,23H,10,16,18-19H2,1H3,(H,27,31). The average Bonchev–Trinajstić information content (AvgIpc) is 2.85. The second-order valence-electron chi connectivity index (χ2n) is 7.99. The Morgan fingerprint density at radius 2 is 1.55 bits per heavy atom. The van der Waals surface area contributed by atoms with Gasteiger partial charge in [0.25, 0.3) is 0 Å². The average molecular weight is 414 g/mol. The van der Waals surface area contributed by atoms with Gasteiger partial charge < -0.3 is 10.2 Å². The Labute approximate surface area is 183 Å². The Bertz CT molecular complexity index is 985. The SMILES string of the molecule is CNC(=O)C1(c2ccccn2)CCCN(C(=O)C(c2ccccc2)c2ccccc2)C1. The molecule has 0 saturated carbocycles. The molecule has 4 rings (SSSR count). The Balaban J connectivity index is 1.72. The molecule has 0 bridgehead atoms. The summed E-state index contributed by atoms with van der Waals surface area (Å²) in [6.07, 6.45) is 3.11. The van der Waals surface area contributed by atoms with Crippen LogP contribution in [0.25, 0.3) is 0 Å². The van der Waals surface area contributed by atoms with Gasteiger partial charge in [0, 0.05) is 26.3 Å². The van der Waals surface area contributed by atoms with E-state index in [4.69, 9.17) is 0 Å². The molecule has 1 atom stereocenters. The van der Waals surface area contributed by atoms with E-state index in [2.05, 4.69) is 10.3 Å². The van der Waals surface area contributed by atoms with Crippen LogP contribution in [0.4, 0.5) is 0 Å². The van der Waals surface area contributed by atoms with E-state index in [1.807, 2.05) is 83.8 Å². The Hall–Kier alpha value is -3.47. The fraction of sp³-hybridized carbons (Fsp3) is 0.269. The molecule has 2 amide bonds. The summed E-state index contributed by atoms with van der Waals surface area (Å²) in [5.41, 5.74) is 1.77. The van der Waals surface area contributed by atoms with E-state index in [0.29, 0.717) is 25.2 Å². The molecule has 1 N–H and O–H groups in total. The Kier molecular flexibility index (Phi) is 6.12. The number of amides is 2. The van der Waals surface area contributed by atoms with Crippen molar-refractivity contribution in [2.75, 3.05) is 20.1 Å². The van der Waals surface area contributed by atoms with E-state index in [0.717, 1.165) is 17.5 Å². The van der Waals surface area contributed by atoms with Gasteiger partial charge in [0.2, 0.25) is 11.8 Å². The smallest absolute Gasteiger partial charge is 0.234 e. The third-order valence-electron chi connectivity index (χ3n) is 6.13. The number of piperidine rings is 1. The van der Waals surface area contributed by atoms with E-state index in [1.165, 1.54) is 0 Å². The lowest BCUT2D eigenvalue weighted by atomic mass is 9.75. The van der Waals surface area contributed by atoms with Crippen LogP contribution in [0.2, 0.25) is 0 Å². The molecule has 2 aromatic carbocycles. The summed E-state index contributed by atoms with van der Waals surface area (Å²) in [7, 11) is 1.64. The number of hydrogen-bond donors (Lipinski definition) is 1. The summed E-state index contributed by atoms with van der Waals surface area (Å²) in [6, 6.07) is 25.3. The fourth-order valence-electron chi connectivity index (χ4n) is 4.59. The first-order valence-electron chi connectivity index (χ1n) is 10.7. The first-order valence-corrected chi connectivity index (χ1v) is 10.7. The van der Waals surface area contributed by atoms with Gasteiger partial charge in [-0.25, -0.2) is 0 Å². The number of hydrogen-bond acceptors (Lipinski definition) is 3. The van der Waals surface area contributed by atoms with Crippen LogP contribution in [-0.4, -0.2) is 41.8 Å². The molecule has 5 heteroatoms. The van der Waals surface area contributed by atoms with Crippen LogP contribution in [0.3, 0.4) is 0 Å². The Morgan fingerprint density at radius 3 is 2.10 bits per heavy atom. The van der Waals surface area contributed by atoms with Crippen LogP contribution in [0.15, 0.2) is 85.1 Å². The molecule has 0 spiro atoms. The van der Waals surface area contributed by atoms with Gasteiger partial charge in [0.05, 0.1) is 11.6 Å². The lowest BCUT2D eigenvalue weighted by molar-refractivity contribution is -0.137. The first kappa shape index (κ1) is 20.8. The van der Waals surface area contributed by atoms with Crippen molar-refractivity contribution < 1.29 is 9.59 Å². The van der Waals surface area contributed by atoms with Gasteiger partial charge in [0.15, 0.2) is 0 Å². The topological polar surface area (TPSA) is 62.3 Å². The third-order valence-corrected chi connectivity index (χ3v) is 6.13. The lowest BCUT2D eigenvalue weighted by Crippen LogP contribution is -2.56. The number of likely N-dealkylation sites (tertiary alicyclic amines) is 1. The predicted octanol–water partition coefficient (Wildman–Crippen LogP) is 3.52. The van der Waals surface area contributed by atoms with E-state index >= 15 is 0 Å². The maximum absolute atomic E-state index is 13.9. The van der Waals surface area contributed by atoms with Crippen molar-refractivity contribution in [1.82, 2.24) is 15.2 Å². The van der Waals surface area contributed by atoms with Crippen molar-refractivity contribution in [3.05, 3.63) is 102 Å². The second-order valence-corrected chi connectivity index (χ2v) is 7.99. The molecule has 3 aromatic rings. The highest BCUT2D eigenvalue weighted by molar-refractivity contribution is 5.91. The minimum Gasteiger partial charge on any atom is -0.358 e. The molecule has 5 nitrogen and oxygen atoms in total. The summed E-state index contributed by atoms with van der Waals surface area (Å²) in [5.74, 6) is -0.493. The minimum absolute atomic E-state index is 0.0151. The number of benzene rings is 2. The van der Waals surface area contributed by atoms with Gasteiger partial charge in [-0.15, -0.1) is 0 Å². The van der Waals surface area contributed by atoms with E-state index in [-0.39, 0.29) is 11.8 Å². The molecule has 0 aliphatic carbocycles. The van der Waals surface area contributed by atoms with E-state index in [1.54, 1.807) is 13.2 Å². The first-order chi connectivity index (χ1) is 15.2. The molecule has 1 unspecified atom stereocenters. The van der Waals surface area contributed by atoms with Gasteiger partial charge in [-0.3, -0.25) is 14.6 Å². The molecular formula is C26H27N3O2. The maximum Gasteiger partial charge on any atom is 0.234 e.